The summed E-state index contributed by atoms with van der Waals surface area (Å²) >= 11 is 0. The van der Waals surface area contributed by atoms with E-state index in [1.54, 1.807) is 6.92 Å². The molecule has 2 amide bonds. The van der Waals surface area contributed by atoms with Crippen molar-refractivity contribution in [1.82, 2.24) is 19.8 Å². The second kappa shape index (κ2) is 7.95. The largest absolute Gasteiger partial charge is 0.338 e. The Morgan fingerprint density at radius 3 is 2.70 bits per heavy atom. The van der Waals surface area contributed by atoms with Gasteiger partial charge >= 0.3 is 0 Å². The fourth-order valence-corrected chi connectivity index (χ4v) is 4.88. The van der Waals surface area contributed by atoms with Crippen LogP contribution < -0.4 is 0 Å². The minimum Gasteiger partial charge on any atom is -0.338 e. The van der Waals surface area contributed by atoms with Gasteiger partial charge in [-0.3, -0.25) is 9.59 Å². The third-order valence-corrected chi connectivity index (χ3v) is 6.45. The minimum atomic E-state index is 0.0127. The van der Waals surface area contributed by atoms with Gasteiger partial charge < -0.3 is 9.80 Å². The predicted molar refractivity (Wildman–Crippen MR) is 102 cm³/mol. The molecule has 0 N–H and O–H groups in total. The van der Waals surface area contributed by atoms with E-state index in [0.717, 1.165) is 49.4 Å². The molecule has 146 valence electrons. The summed E-state index contributed by atoms with van der Waals surface area (Å²) in [5, 5.41) is 0. The Kier molecular flexibility index (Phi) is 5.41. The second-order valence-corrected chi connectivity index (χ2v) is 8.34. The Morgan fingerprint density at radius 1 is 1.11 bits per heavy atom. The van der Waals surface area contributed by atoms with Gasteiger partial charge in [-0.25, -0.2) is 9.97 Å². The number of carbonyl (C=O) groups is 2. The molecule has 1 saturated carbocycles. The lowest BCUT2D eigenvalue weighted by Gasteiger charge is -2.31. The number of fused-ring (bicyclic) bond motifs is 1. The molecular weight excluding hydrogens is 340 g/mol. The highest BCUT2D eigenvalue weighted by Crippen LogP contribution is 2.31. The fraction of sp³-hybridized carbons (Fsp3) is 0.714. The lowest BCUT2D eigenvalue weighted by molar-refractivity contribution is -0.133. The molecule has 1 saturated heterocycles. The molecule has 0 radical (unpaired) electrons. The molecule has 27 heavy (non-hydrogen) atoms. The van der Waals surface area contributed by atoms with Crippen molar-refractivity contribution < 1.29 is 9.59 Å². The molecule has 6 heteroatoms. The molecule has 0 aromatic carbocycles. The van der Waals surface area contributed by atoms with Crippen molar-refractivity contribution in [2.45, 2.75) is 77.3 Å². The number of amides is 2. The summed E-state index contributed by atoms with van der Waals surface area (Å²) in [6, 6.07) is 0.0127. The normalized spacial score (nSPS) is 23.4. The quantitative estimate of drug-likeness (QED) is 0.820. The Bertz CT molecular complexity index is 714. The summed E-state index contributed by atoms with van der Waals surface area (Å²) in [6.45, 7) is 3.79. The molecule has 1 atom stereocenters. The average Bonchev–Trinajstić information content (AvgIpc) is 3.18. The second-order valence-electron chi connectivity index (χ2n) is 8.34. The van der Waals surface area contributed by atoms with Crippen LogP contribution in [0.5, 0.6) is 0 Å². The van der Waals surface area contributed by atoms with E-state index in [9.17, 15) is 9.59 Å². The first-order valence-corrected chi connectivity index (χ1v) is 10.5. The molecule has 4 rings (SSSR count). The van der Waals surface area contributed by atoms with Crippen LogP contribution >= 0.6 is 0 Å². The number of likely N-dealkylation sites (tertiary alicyclic amines) is 1. The van der Waals surface area contributed by atoms with Crippen LogP contribution in [0.2, 0.25) is 0 Å². The lowest BCUT2D eigenvalue weighted by atomic mass is 9.86. The highest BCUT2D eigenvalue weighted by atomic mass is 16.2. The van der Waals surface area contributed by atoms with Gasteiger partial charge in [0.25, 0.3) is 0 Å². The smallest absolute Gasteiger partial charge is 0.223 e. The van der Waals surface area contributed by atoms with Crippen molar-refractivity contribution in [3.05, 3.63) is 23.3 Å². The van der Waals surface area contributed by atoms with Gasteiger partial charge in [0, 0.05) is 51.2 Å². The molecule has 6 nitrogen and oxygen atoms in total. The van der Waals surface area contributed by atoms with Gasteiger partial charge in [-0.1, -0.05) is 19.3 Å². The summed E-state index contributed by atoms with van der Waals surface area (Å²) < 4.78 is 0. The minimum absolute atomic E-state index is 0.0127. The molecule has 1 aliphatic carbocycles. The molecule has 1 aromatic rings. The van der Waals surface area contributed by atoms with Gasteiger partial charge in [0.05, 0.1) is 11.7 Å². The third kappa shape index (κ3) is 3.99. The monoisotopic (exact) mass is 370 g/mol. The van der Waals surface area contributed by atoms with Gasteiger partial charge in [-0.2, -0.15) is 0 Å². The zero-order valence-corrected chi connectivity index (χ0v) is 16.3. The number of hydrogen-bond donors (Lipinski definition) is 0. The standard InChI is InChI=1S/C21H30N4O2/c1-15(26)25-10-5-8-19(25)21-22-13-17-14-24(11-9-18(17)23-21)20(27)12-16-6-3-2-4-7-16/h13,16,19H,2-12,14H2,1H3/t19-/m0/s1. The number of rotatable bonds is 3. The molecule has 2 aliphatic heterocycles. The Balaban J connectivity index is 1.41. The topological polar surface area (TPSA) is 66.4 Å². The van der Waals surface area contributed by atoms with Crippen molar-refractivity contribution in [3.8, 4) is 0 Å². The summed E-state index contributed by atoms with van der Waals surface area (Å²) in [7, 11) is 0. The maximum atomic E-state index is 12.7. The first-order chi connectivity index (χ1) is 13.1. The van der Waals surface area contributed by atoms with Crippen LogP contribution in [0.25, 0.3) is 0 Å². The van der Waals surface area contributed by atoms with E-state index in [2.05, 4.69) is 4.98 Å². The summed E-state index contributed by atoms with van der Waals surface area (Å²) in [6.07, 6.45) is 11.6. The SMILES string of the molecule is CC(=O)N1CCC[C@H]1c1ncc2c(n1)CCN(C(=O)CC1CCCCC1)C2. The first-order valence-electron chi connectivity index (χ1n) is 10.5. The van der Waals surface area contributed by atoms with Crippen LogP contribution in [0.3, 0.4) is 0 Å². The van der Waals surface area contributed by atoms with E-state index >= 15 is 0 Å². The molecule has 1 aromatic heterocycles. The number of nitrogens with zero attached hydrogens (tertiary/aromatic N) is 4. The van der Waals surface area contributed by atoms with E-state index < -0.39 is 0 Å². The Hall–Kier alpha value is -1.98. The van der Waals surface area contributed by atoms with Crippen LogP contribution in [-0.4, -0.2) is 44.7 Å². The predicted octanol–water partition coefficient (Wildman–Crippen LogP) is 3.02. The average molecular weight is 370 g/mol. The van der Waals surface area contributed by atoms with Crippen LogP contribution in [0.1, 0.15) is 81.4 Å². The highest BCUT2D eigenvalue weighted by Gasteiger charge is 2.31. The van der Waals surface area contributed by atoms with Gasteiger partial charge in [0.1, 0.15) is 0 Å². The Labute approximate surface area is 161 Å². The molecule has 0 bridgehead atoms. The number of aromatic nitrogens is 2. The Morgan fingerprint density at radius 2 is 1.93 bits per heavy atom. The third-order valence-electron chi connectivity index (χ3n) is 6.45. The highest BCUT2D eigenvalue weighted by molar-refractivity contribution is 5.76. The van der Waals surface area contributed by atoms with Gasteiger partial charge in [0.15, 0.2) is 5.82 Å². The van der Waals surface area contributed by atoms with Crippen molar-refractivity contribution in [2.75, 3.05) is 13.1 Å². The van der Waals surface area contributed by atoms with Crippen molar-refractivity contribution in [2.24, 2.45) is 5.92 Å². The maximum absolute atomic E-state index is 12.7. The first kappa shape index (κ1) is 18.4. The van der Waals surface area contributed by atoms with E-state index in [0.29, 0.717) is 18.9 Å². The summed E-state index contributed by atoms with van der Waals surface area (Å²) in [5.74, 6) is 1.73. The fourth-order valence-electron chi connectivity index (χ4n) is 4.88. The van der Waals surface area contributed by atoms with E-state index in [1.165, 1.54) is 32.1 Å². The van der Waals surface area contributed by atoms with Crippen LogP contribution in [0, 0.1) is 5.92 Å². The number of hydrogen-bond acceptors (Lipinski definition) is 4. The van der Waals surface area contributed by atoms with Crippen molar-refractivity contribution >= 4 is 11.8 Å². The zero-order chi connectivity index (χ0) is 18.8. The summed E-state index contributed by atoms with van der Waals surface area (Å²) in [4.78, 5) is 37.8. The van der Waals surface area contributed by atoms with Crippen molar-refractivity contribution in [1.29, 1.82) is 0 Å². The van der Waals surface area contributed by atoms with Crippen LogP contribution in [0.4, 0.5) is 0 Å². The van der Waals surface area contributed by atoms with Crippen molar-refractivity contribution in [3.63, 3.8) is 0 Å². The van der Waals surface area contributed by atoms with E-state index in [1.807, 2.05) is 16.0 Å². The van der Waals surface area contributed by atoms with Gasteiger partial charge in [-0.05, 0) is 31.6 Å². The molecule has 0 unspecified atom stereocenters. The molecule has 3 heterocycles. The van der Waals surface area contributed by atoms with E-state index in [4.69, 9.17) is 4.98 Å². The maximum Gasteiger partial charge on any atom is 0.223 e. The lowest BCUT2D eigenvalue weighted by Crippen LogP contribution is -2.38. The molecule has 2 fully saturated rings. The zero-order valence-electron chi connectivity index (χ0n) is 16.3. The van der Waals surface area contributed by atoms with Crippen LogP contribution in [-0.2, 0) is 22.6 Å². The number of carbonyl (C=O) groups excluding carboxylic acids is 2. The van der Waals surface area contributed by atoms with Gasteiger partial charge in [0.2, 0.25) is 11.8 Å². The molecule has 0 spiro atoms. The molecular formula is C21H30N4O2. The summed E-state index contributed by atoms with van der Waals surface area (Å²) in [5.41, 5.74) is 2.12. The van der Waals surface area contributed by atoms with Gasteiger partial charge in [-0.15, -0.1) is 0 Å². The molecule has 3 aliphatic rings. The van der Waals surface area contributed by atoms with Crippen LogP contribution in [0.15, 0.2) is 6.20 Å². The van der Waals surface area contributed by atoms with E-state index in [-0.39, 0.29) is 17.9 Å².